The Morgan fingerprint density at radius 2 is 1.71 bits per heavy atom. The number of unbranched alkanes of at least 4 members (excludes halogenated alkanes) is 1. The van der Waals surface area contributed by atoms with Gasteiger partial charge in [0.2, 0.25) is 0 Å². The van der Waals surface area contributed by atoms with Gasteiger partial charge in [0.15, 0.2) is 0 Å². The lowest BCUT2D eigenvalue weighted by atomic mass is 10.0. The Kier molecular flexibility index (Phi) is 4.95. The number of nitrogens with zero attached hydrogens (tertiary/aromatic N) is 1. The van der Waals surface area contributed by atoms with Crippen LogP contribution in [0.2, 0.25) is 0 Å². The van der Waals surface area contributed by atoms with Crippen LogP contribution in [0.25, 0.3) is 11.6 Å². The summed E-state index contributed by atoms with van der Waals surface area (Å²) in [5.41, 5.74) is 5.44. The van der Waals surface area contributed by atoms with Crippen molar-refractivity contribution in [2.75, 3.05) is 6.54 Å². The molecule has 24 heavy (non-hydrogen) atoms. The van der Waals surface area contributed by atoms with Crippen molar-refractivity contribution in [1.29, 1.82) is 0 Å². The summed E-state index contributed by atoms with van der Waals surface area (Å²) in [5, 5.41) is 0. The third-order valence-corrected chi connectivity index (χ3v) is 4.30. The van der Waals surface area contributed by atoms with Crippen molar-refractivity contribution in [1.82, 2.24) is 4.90 Å². The highest BCUT2D eigenvalue weighted by molar-refractivity contribution is 6.08. The molecule has 0 aliphatic carbocycles. The molecule has 2 heteroatoms. The second-order valence-corrected chi connectivity index (χ2v) is 6.21. The molecule has 0 unspecified atom stereocenters. The molecule has 3 rings (SSSR count). The van der Waals surface area contributed by atoms with E-state index in [2.05, 4.69) is 56.3 Å². The zero-order valence-corrected chi connectivity index (χ0v) is 14.3. The maximum absolute atomic E-state index is 12.5. The van der Waals surface area contributed by atoms with E-state index in [0.717, 1.165) is 41.8 Å². The number of amides is 1. The summed E-state index contributed by atoms with van der Waals surface area (Å²) >= 11 is 0. The molecule has 1 aliphatic rings. The Morgan fingerprint density at radius 1 is 1.00 bits per heavy atom. The molecule has 0 radical (unpaired) electrons. The van der Waals surface area contributed by atoms with Crippen LogP contribution >= 0.6 is 0 Å². The van der Waals surface area contributed by atoms with Gasteiger partial charge in [0.25, 0.3) is 5.91 Å². The van der Waals surface area contributed by atoms with Gasteiger partial charge >= 0.3 is 0 Å². The molecule has 0 N–H and O–H groups in total. The molecule has 1 amide bonds. The zero-order valence-electron chi connectivity index (χ0n) is 14.3. The first-order valence-electron chi connectivity index (χ1n) is 8.56. The fourth-order valence-electron chi connectivity index (χ4n) is 2.91. The van der Waals surface area contributed by atoms with Crippen LogP contribution in [0.5, 0.6) is 0 Å². The summed E-state index contributed by atoms with van der Waals surface area (Å²) in [7, 11) is 0. The topological polar surface area (TPSA) is 20.3 Å². The Balaban J connectivity index is 2.02. The largest absolute Gasteiger partial charge is 0.308 e. The molecule has 0 spiro atoms. The van der Waals surface area contributed by atoms with Crippen LogP contribution in [0.15, 0.2) is 66.4 Å². The van der Waals surface area contributed by atoms with Gasteiger partial charge in [-0.05, 0) is 30.5 Å². The lowest BCUT2D eigenvalue weighted by Crippen LogP contribution is -2.25. The maximum Gasteiger partial charge on any atom is 0.251 e. The normalized spacial score (nSPS) is 15.9. The summed E-state index contributed by atoms with van der Waals surface area (Å²) in [6.45, 7) is 4.99. The van der Waals surface area contributed by atoms with Gasteiger partial charge in [-0.1, -0.05) is 73.5 Å². The number of rotatable bonds is 5. The number of allylic oxidation sites excluding steroid dienone is 1. The Bertz CT molecular complexity index is 769. The number of aryl methyl sites for hydroxylation is 1. The molecule has 0 bridgehead atoms. The van der Waals surface area contributed by atoms with Crippen molar-refractivity contribution in [2.24, 2.45) is 0 Å². The molecule has 1 heterocycles. The minimum absolute atomic E-state index is 0.0845. The quantitative estimate of drug-likeness (QED) is 0.754. The molecule has 122 valence electrons. The SMILES string of the molecule is CCCCN1C(=O)C=C(c2ccc(C)cc2)/C1=C/c1ccccc1. The van der Waals surface area contributed by atoms with Gasteiger partial charge in [0.05, 0.1) is 5.70 Å². The van der Waals surface area contributed by atoms with E-state index in [-0.39, 0.29) is 5.91 Å². The van der Waals surface area contributed by atoms with Crippen molar-refractivity contribution >= 4 is 17.6 Å². The third-order valence-electron chi connectivity index (χ3n) is 4.30. The number of benzene rings is 2. The first-order chi connectivity index (χ1) is 11.7. The highest BCUT2D eigenvalue weighted by atomic mass is 16.2. The number of hydrogen-bond donors (Lipinski definition) is 0. The Morgan fingerprint density at radius 3 is 2.38 bits per heavy atom. The second-order valence-electron chi connectivity index (χ2n) is 6.21. The maximum atomic E-state index is 12.5. The van der Waals surface area contributed by atoms with Gasteiger partial charge in [0, 0.05) is 18.2 Å². The van der Waals surface area contributed by atoms with Crippen LogP contribution in [0.4, 0.5) is 0 Å². The molecule has 0 fully saturated rings. The van der Waals surface area contributed by atoms with Crippen molar-refractivity contribution in [3.05, 3.63) is 83.1 Å². The average molecular weight is 317 g/mol. The minimum Gasteiger partial charge on any atom is -0.308 e. The minimum atomic E-state index is 0.0845. The lowest BCUT2D eigenvalue weighted by Gasteiger charge is -2.20. The molecule has 0 aromatic heterocycles. The van der Waals surface area contributed by atoms with Crippen LogP contribution in [-0.4, -0.2) is 17.4 Å². The predicted molar refractivity (Wildman–Crippen MR) is 100 cm³/mol. The van der Waals surface area contributed by atoms with Crippen LogP contribution in [0, 0.1) is 6.92 Å². The molecule has 0 atom stereocenters. The first-order valence-corrected chi connectivity index (χ1v) is 8.56. The smallest absolute Gasteiger partial charge is 0.251 e. The van der Waals surface area contributed by atoms with E-state index in [1.807, 2.05) is 23.1 Å². The van der Waals surface area contributed by atoms with E-state index in [4.69, 9.17) is 0 Å². The molecule has 0 saturated heterocycles. The van der Waals surface area contributed by atoms with Gasteiger partial charge in [-0.3, -0.25) is 4.79 Å². The van der Waals surface area contributed by atoms with Crippen LogP contribution in [0.1, 0.15) is 36.5 Å². The van der Waals surface area contributed by atoms with Gasteiger partial charge in [-0.2, -0.15) is 0 Å². The summed E-state index contributed by atoms with van der Waals surface area (Å²) in [6.07, 6.45) is 5.97. The monoisotopic (exact) mass is 317 g/mol. The number of hydrogen-bond acceptors (Lipinski definition) is 1. The summed E-state index contributed by atoms with van der Waals surface area (Å²) in [4.78, 5) is 14.4. The van der Waals surface area contributed by atoms with E-state index >= 15 is 0 Å². The van der Waals surface area contributed by atoms with Gasteiger partial charge in [-0.15, -0.1) is 0 Å². The van der Waals surface area contributed by atoms with Crippen LogP contribution in [-0.2, 0) is 4.79 Å². The van der Waals surface area contributed by atoms with Crippen molar-refractivity contribution in [3.8, 4) is 0 Å². The first kappa shape index (κ1) is 16.3. The third kappa shape index (κ3) is 3.48. The van der Waals surface area contributed by atoms with E-state index < -0.39 is 0 Å². The summed E-state index contributed by atoms with van der Waals surface area (Å²) in [6, 6.07) is 18.6. The summed E-state index contributed by atoms with van der Waals surface area (Å²) in [5.74, 6) is 0.0845. The molecule has 2 nitrogen and oxygen atoms in total. The molecule has 0 saturated carbocycles. The van der Waals surface area contributed by atoms with Crippen LogP contribution < -0.4 is 0 Å². The zero-order chi connectivity index (χ0) is 16.9. The molecule has 2 aromatic carbocycles. The standard InChI is InChI=1S/C22H23NO/c1-3-4-14-23-21(15-18-8-6-5-7-9-18)20(16-22(23)24)19-12-10-17(2)11-13-19/h5-13,15-16H,3-4,14H2,1-2H3/b21-15-. The van der Waals surface area contributed by atoms with Gasteiger partial charge in [0.1, 0.15) is 0 Å². The number of carbonyl (C=O) groups is 1. The molecular weight excluding hydrogens is 294 g/mol. The Hall–Kier alpha value is -2.61. The lowest BCUT2D eigenvalue weighted by molar-refractivity contribution is -0.123. The molecular formula is C22H23NO. The van der Waals surface area contributed by atoms with E-state index in [1.165, 1.54) is 5.56 Å². The van der Waals surface area contributed by atoms with E-state index in [1.54, 1.807) is 6.08 Å². The van der Waals surface area contributed by atoms with Crippen LogP contribution in [0.3, 0.4) is 0 Å². The average Bonchev–Trinajstić information content (AvgIpc) is 2.90. The second kappa shape index (κ2) is 7.31. The van der Waals surface area contributed by atoms with Gasteiger partial charge < -0.3 is 4.90 Å². The predicted octanol–water partition coefficient (Wildman–Crippen LogP) is 5.06. The molecule has 2 aromatic rings. The van der Waals surface area contributed by atoms with Gasteiger partial charge in [-0.25, -0.2) is 0 Å². The highest BCUT2D eigenvalue weighted by Gasteiger charge is 2.27. The summed E-state index contributed by atoms with van der Waals surface area (Å²) < 4.78 is 0. The van der Waals surface area contributed by atoms with E-state index in [9.17, 15) is 4.79 Å². The van der Waals surface area contributed by atoms with E-state index in [0.29, 0.717) is 0 Å². The molecule has 1 aliphatic heterocycles. The fraction of sp³-hybridized carbons (Fsp3) is 0.227. The Labute approximate surface area is 144 Å². The van der Waals surface area contributed by atoms with Crippen molar-refractivity contribution in [3.63, 3.8) is 0 Å². The number of carbonyl (C=O) groups excluding carboxylic acids is 1. The highest BCUT2D eigenvalue weighted by Crippen LogP contribution is 2.33. The fourth-order valence-corrected chi connectivity index (χ4v) is 2.91. The van der Waals surface area contributed by atoms with Crippen molar-refractivity contribution < 1.29 is 4.79 Å². The van der Waals surface area contributed by atoms with Crippen molar-refractivity contribution in [2.45, 2.75) is 26.7 Å².